The second-order valence-corrected chi connectivity index (χ2v) is 4.51. The largest absolute Gasteiger partial charge is 0.467 e. The van der Waals surface area contributed by atoms with E-state index in [2.05, 4.69) is 21.2 Å². The van der Waals surface area contributed by atoms with Crippen molar-refractivity contribution in [3.8, 4) is 0 Å². The minimum absolute atomic E-state index is 0.151. The van der Waals surface area contributed by atoms with E-state index >= 15 is 0 Å². The van der Waals surface area contributed by atoms with Crippen molar-refractivity contribution >= 4 is 27.9 Å². The highest BCUT2D eigenvalue weighted by Gasteiger charge is 1.99. The first-order chi connectivity index (χ1) is 8.75. The first-order valence-corrected chi connectivity index (χ1v) is 6.28. The van der Waals surface area contributed by atoms with Gasteiger partial charge in [0.25, 0.3) is 0 Å². The molecular weight excluding hydrogens is 294 g/mol. The number of amides is 1. The first-order valence-electron chi connectivity index (χ1n) is 5.48. The Hall–Kier alpha value is -1.81. The van der Waals surface area contributed by atoms with E-state index in [0.29, 0.717) is 6.54 Å². The predicted molar refractivity (Wildman–Crippen MR) is 73.7 cm³/mol. The van der Waals surface area contributed by atoms with E-state index in [1.807, 2.05) is 30.3 Å². The minimum Gasteiger partial charge on any atom is -0.467 e. The quantitative estimate of drug-likeness (QED) is 0.880. The van der Waals surface area contributed by atoms with Crippen LogP contribution >= 0.6 is 15.9 Å². The second kappa shape index (κ2) is 6.21. The van der Waals surface area contributed by atoms with E-state index in [0.717, 1.165) is 15.8 Å². The zero-order chi connectivity index (χ0) is 12.8. The topological polar surface area (TPSA) is 42.2 Å². The van der Waals surface area contributed by atoms with Gasteiger partial charge in [0.05, 0.1) is 12.8 Å². The lowest BCUT2D eigenvalue weighted by molar-refractivity contribution is -0.116. The maximum Gasteiger partial charge on any atom is 0.244 e. The van der Waals surface area contributed by atoms with Crippen LogP contribution in [-0.2, 0) is 11.3 Å². The van der Waals surface area contributed by atoms with Gasteiger partial charge in [0.1, 0.15) is 5.76 Å². The van der Waals surface area contributed by atoms with Crippen molar-refractivity contribution in [2.75, 3.05) is 0 Å². The van der Waals surface area contributed by atoms with Gasteiger partial charge in [0.15, 0.2) is 0 Å². The van der Waals surface area contributed by atoms with Gasteiger partial charge in [0, 0.05) is 10.5 Å². The molecule has 0 saturated carbocycles. The number of carbonyl (C=O) groups is 1. The molecule has 0 unspecified atom stereocenters. The van der Waals surface area contributed by atoms with Crippen molar-refractivity contribution in [1.82, 2.24) is 5.32 Å². The lowest BCUT2D eigenvalue weighted by Gasteiger charge is -1.99. The molecular formula is C14H12BrNO2. The number of furan rings is 1. The van der Waals surface area contributed by atoms with Gasteiger partial charge in [-0.3, -0.25) is 4.79 Å². The molecule has 18 heavy (non-hydrogen) atoms. The highest BCUT2D eigenvalue weighted by Crippen LogP contribution is 2.16. The van der Waals surface area contributed by atoms with Crippen LogP contribution < -0.4 is 5.32 Å². The van der Waals surface area contributed by atoms with Crippen molar-refractivity contribution in [1.29, 1.82) is 0 Å². The molecule has 92 valence electrons. The van der Waals surface area contributed by atoms with E-state index < -0.39 is 0 Å². The SMILES string of the molecule is O=C(C=Cc1ccccc1Br)NCc1ccco1. The fourth-order valence-corrected chi connectivity index (χ4v) is 1.84. The standard InChI is InChI=1S/C14H12BrNO2/c15-13-6-2-1-4-11(13)7-8-14(17)16-10-12-5-3-9-18-12/h1-9H,10H2,(H,16,17). The summed E-state index contributed by atoms with van der Waals surface area (Å²) in [4.78, 5) is 11.6. The molecule has 2 rings (SSSR count). The molecule has 1 N–H and O–H groups in total. The molecule has 0 saturated heterocycles. The number of halogens is 1. The molecule has 0 atom stereocenters. The number of benzene rings is 1. The first kappa shape index (κ1) is 12.6. The maximum absolute atomic E-state index is 11.6. The Morgan fingerprint density at radius 1 is 1.28 bits per heavy atom. The number of hydrogen-bond acceptors (Lipinski definition) is 2. The van der Waals surface area contributed by atoms with Crippen LogP contribution in [0.5, 0.6) is 0 Å². The van der Waals surface area contributed by atoms with Crippen LogP contribution in [0.2, 0.25) is 0 Å². The molecule has 0 bridgehead atoms. The zero-order valence-corrected chi connectivity index (χ0v) is 11.2. The molecule has 3 nitrogen and oxygen atoms in total. The summed E-state index contributed by atoms with van der Waals surface area (Å²) in [7, 11) is 0. The summed E-state index contributed by atoms with van der Waals surface area (Å²) in [5, 5.41) is 2.74. The molecule has 1 aromatic heterocycles. The molecule has 4 heteroatoms. The normalized spacial score (nSPS) is 10.7. The highest BCUT2D eigenvalue weighted by molar-refractivity contribution is 9.10. The number of nitrogens with one attached hydrogen (secondary N) is 1. The van der Waals surface area contributed by atoms with E-state index in [1.54, 1.807) is 18.4 Å². The van der Waals surface area contributed by atoms with E-state index in [9.17, 15) is 4.79 Å². The molecule has 0 radical (unpaired) electrons. The van der Waals surface area contributed by atoms with Crippen LogP contribution in [0.4, 0.5) is 0 Å². The monoisotopic (exact) mass is 305 g/mol. The lowest BCUT2D eigenvalue weighted by Crippen LogP contribution is -2.19. The average Bonchev–Trinajstić information content (AvgIpc) is 2.88. The van der Waals surface area contributed by atoms with Crippen molar-refractivity contribution in [2.45, 2.75) is 6.54 Å². The summed E-state index contributed by atoms with van der Waals surface area (Å²) in [6, 6.07) is 11.3. The Kier molecular flexibility index (Phi) is 4.36. The molecule has 0 aliphatic heterocycles. The van der Waals surface area contributed by atoms with Crippen molar-refractivity contribution in [3.63, 3.8) is 0 Å². The Bertz CT molecular complexity index is 547. The fraction of sp³-hybridized carbons (Fsp3) is 0.0714. The van der Waals surface area contributed by atoms with Gasteiger partial charge in [-0.25, -0.2) is 0 Å². The Balaban J connectivity index is 1.89. The van der Waals surface area contributed by atoms with Gasteiger partial charge < -0.3 is 9.73 Å². The van der Waals surface area contributed by atoms with Crippen LogP contribution in [0.15, 0.2) is 57.6 Å². The molecule has 1 amide bonds. The summed E-state index contributed by atoms with van der Waals surface area (Å²) >= 11 is 3.42. The van der Waals surface area contributed by atoms with Gasteiger partial charge >= 0.3 is 0 Å². The van der Waals surface area contributed by atoms with Crippen LogP contribution in [0.3, 0.4) is 0 Å². The van der Waals surface area contributed by atoms with Gasteiger partial charge in [-0.15, -0.1) is 0 Å². The molecule has 0 fully saturated rings. The maximum atomic E-state index is 11.6. The Morgan fingerprint density at radius 2 is 2.11 bits per heavy atom. The van der Waals surface area contributed by atoms with Crippen LogP contribution in [0.25, 0.3) is 6.08 Å². The molecule has 1 heterocycles. The predicted octanol–water partition coefficient (Wildman–Crippen LogP) is 3.37. The van der Waals surface area contributed by atoms with Crippen molar-refractivity contribution in [3.05, 3.63) is 64.5 Å². The van der Waals surface area contributed by atoms with Crippen LogP contribution in [0.1, 0.15) is 11.3 Å². The Labute approximate surface area is 114 Å². The van der Waals surface area contributed by atoms with Gasteiger partial charge in [-0.2, -0.15) is 0 Å². The summed E-state index contributed by atoms with van der Waals surface area (Å²) in [5.41, 5.74) is 0.964. The third kappa shape index (κ3) is 3.60. The van der Waals surface area contributed by atoms with Gasteiger partial charge in [-0.1, -0.05) is 34.1 Å². The summed E-state index contributed by atoms with van der Waals surface area (Å²) in [6.07, 6.45) is 4.85. The third-order valence-electron chi connectivity index (χ3n) is 2.34. The zero-order valence-electron chi connectivity index (χ0n) is 9.60. The fourth-order valence-electron chi connectivity index (χ4n) is 1.42. The Morgan fingerprint density at radius 3 is 2.83 bits per heavy atom. The molecule has 0 aliphatic carbocycles. The smallest absolute Gasteiger partial charge is 0.244 e. The number of carbonyl (C=O) groups excluding carboxylic acids is 1. The average molecular weight is 306 g/mol. The van der Waals surface area contributed by atoms with E-state index in [-0.39, 0.29) is 5.91 Å². The van der Waals surface area contributed by atoms with Crippen molar-refractivity contribution < 1.29 is 9.21 Å². The third-order valence-corrected chi connectivity index (χ3v) is 3.06. The van der Waals surface area contributed by atoms with Gasteiger partial charge in [0.2, 0.25) is 5.91 Å². The van der Waals surface area contributed by atoms with Crippen molar-refractivity contribution in [2.24, 2.45) is 0 Å². The minimum atomic E-state index is -0.151. The summed E-state index contributed by atoms with van der Waals surface area (Å²) in [5.74, 6) is 0.583. The van der Waals surface area contributed by atoms with Crippen LogP contribution in [0, 0.1) is 0 Å². The molecule has 2 aromatic rings. The highest BCUT2D eigenvalue weighted by atomic mass is 79.9. The summed E-state index contributed by atoms with van der Waals surface area (Å²) < 4.78 is 6.08. The van der Waals surface area contributed by atoms with Crippen LogP contribution in [-0.4, -0.2) is 5.91 Å². The molecule has 0 spiro atoms. The number of hydrogen-bond donors (Lipinski definition) is 1. The lowest BCUT2D eigenvalue weighted by atomic mass is 10.2. The number of rotatable bonds is 4. The summed E-state index contributed by atoms with van der Waals surface area (Å²) in [6.45, 7) is 0.395. The van der Waals surface area contributed by atoms with Gasteiger partial charge in [-0.05, 0) is 29.8 Å². The second-order valence-electron chi connectivity index (χ2n) is 3.65. The van der Waals surface area contributed by atoms with E-state index in [1.165, 1.54) is 6.08 Å². The molecule has 0 aliphatic rings. The van der Waals surface area contributed by atoms with E-state index in [4.69, 9.17) is 4.42 Å². The molecule has 1 aromatic carbocycles.